The van der Waals surface area contributed by atoms with Gasteiger partial charge in [-0.05, 0) is 31.9 Å². The van der Waals surface area contributed by atoms with E-state index < -0.39 is 0 Å². The Labute approximate surface area is 99.5 Å². The van der Waals surface area contributed by atoms with Crippen molar-refractivity contribution in [2.45, 2.75) is 59.0 Å². The Kier molecular flexibility index (Phi) is 6.09. The Morgan fingerprint density at radius 1 is 1.31 bits per heavy atom. The van der Waals surface area contributed by atoms with Gasteiger partial charge in [-0.3, -0.25) is 4.98 Å². The summed E-state index contributed by atoms with van der Waals surface area (Å²) in [4.78, 5) is 4.50. The minimum atomic E-state index is 0.641. The maximum Gasteiger partial charge on any atom is 0.0544 e. The lowest BCUT2D eigenvalue weighted by atomic mass is 10.1. The van der Waals surface area contributed by atoms with E-state index >= 15 is 0 Å². The second-order valence-corrected chi connectivity index (χ2v) is 4.40. The average molecular weight is 220 g/mol. The van der Waals surface area contributed by atoms with Gasteiger partial charge in [0.2, 0.25) is 0 Å². The van der Waals surface area contributed by atoms with Crippen molar-refractivity contribution in [3.63, 3.8) is 0 Å². The minimum Gasteiger partial charge on any atom is -0.308 e. The molecule has 0 aliphatic rings. The number of hydrogen-bond donors (Lipinski definition) is 1. The van der Waals surface area contributed by atoms with Crippen LogP contribution in [-0.2, 0) is 6.54 Å². The first kappa shape index (κ1) is 13.2. The quantitative estimate of drug-likeness (QED) is 0.761. The molecule has 1 N–H and O–H groups in total. The van der Waals surface area contributed by atoms with Gasteiger partial charge in [0, 0.05) is 18.3 Å². The van der Waals surface area contributed by atoms with E-state index in [0.29, 0.717) is 6.04 Å². The minimum absolute atomic E-state index is 0.641. The molecule has 1 atom stereocenters. The van der Waals surface area contributed by atoms with E-state index in [1.807, 2.05) is 13.0 Å². The molecule has 0 saturated heterocycles. The molecule has 1 rings (SSSR count). The molecule has 90 valence electrons. The molecule has 0 fully saturated rings. The van der Waals surface area contributed by atoms with Crippen LogP contribution in [-0.4, -0.2) is 11.0 Å². The van der Waals surface area contributed by atoms with Gasteiger partial charge >= 0.3 is 0 Å². The van der Waals surface area contributed by atoms with Crippen molar-refractivity contribution in [1.82, 2.24) is 10.3 Å². The number of unbranched alkanes of at least 4 members (excludes halogenated alkanes) is 1. The van der Waals surface area contributed by atoms with Crippen LogP contribution >= 0.6 is 0 Å². The highest BCUT2D eigenvalue weighted by atomic mass is 14.9. The zero-order valence-electron chi connectivity index (χ0n) is 10.8. The van der Waals surface area contributed by atoms with Crippen LogP contribution in [0.15, 0.2) is 18.2 Å². The van der Waals surface area contributed by atoms with Gasteiger partial charge in [0.15, 0.2) is 0 Å². The molecule has 2 heteroatoms. The molecule has 0 aliphatic heterocycles. The van der Waals surface area contributed by atoms with Crippen molar-refractivity contribution in [3.8, 4) is 0 Å². The lowest BCUT2D eigenvalue weighted by molar-refractivity contribution is 0.449. The van der Waals surface area contributed by atoms with E-state index in [1.54, 1.807) is 0 Å². The van der Waals surface area contributed by atoms with Crippen LogP contribution in [0.25, 0.3) is 0 Å². The number of aryl methyl sites for hydroxylation is 1. The molecule has 1 heterocycles. The van der Waals surface area contributed by atoms with E-state index in [9.17, 15) is 0 Å². The van der Waals surface area contributed by atoms with E-state index in [1.165, 1.54) is 25.7 Å². The van der Waals surface area contributed by atoms with Gasteiger partial charge in [-0.2, -0.15) is 0 Å². The average Bonchev–Trinajstić information content (AvgIpc) is 2.29. The van der Waals surface area contributed by atoms with Gasteiger partial charge in [-0.25, -0.2) is 0 Å². The number of pyridine rings is 1. The highest BCUT2D eigenvalue weighted by Gasteiger charge is 2.05. The summed E-state index contributed by atoms with van der Waals surface area (Å²) in [6.45, 7) is 7.42. The molecule has 0 aliphatic carbocycles. The van der Waals surface area contributed by atoms with Crippen LogP contribution in [0.1, 0.15) is 50.9 Å². The van der Waals surface area contributed by atoms with Crippen molar-refractivity contribution in [2.75, 3.05) is 0 Å². The van der Waals surface area contributed by atoms with Gasteiger partial charge in [-0.15, -0.1) is 0 Å². The molecule has 0 radical (unpaired) electrons. The monoisotopic (exact) mass is 220 g/mol. The van der Waals surface area contributed by atoms with Crippen LogP contribution in [0.3, 0.4) is 0 Å². The van der Waals surface area contributed by atoms with Gasteiger partial charge in [0.1, 0.15) is 0 Å². The standard InChI is InChI=1S/C14H24N2/c1-4-6-9-13(5-2)15-11-14-10-7-8-12(3)16-14/h7-8,10,13,15H,4-6,9,11H2,1-3H3. The smallest absolute Gasteiger partial charge is 0.0544 e. The summed E-state index contributed by atoms with van der Waals surface area (Å²) in [5, 5.41) is 3.59. The summed E-state index contributed by atoms with van der Waals surface area (Å²) in [6, 6.07) is 6.85. The molecule has 1 unspecified atom stereocenters. The fourth-order valence-corrected chi connectivity index (χ4v) is 1.85. The first-order valence-corrected chi connectivity index (χ1v) is 6.42. The first-order chi connectivity index (χ1) is 7.76. The summed E-state index contributed by atoms with van der Waals surface area (Å²) >= 11 is 0. The van der Waals surface area contributed by atoms with Crippen molar-refractivity contribution in [2.24, 2.45) is 0 Å². The third kappa shape index (κ3) is 4.75. The normalized spacial score (nSPS) is 12.7. The number of aromatic nitrogens is 1. The van der Waals surface area contributed by atoms with Crippen LogP contribution in [0.4, 0.5) is 0 Å². The molecule has 0 saturated carbocycles. The van der Waals surface area contributed by atoms with Gasteiger partial charge < -0.3 is 5.32 Å². The van der Waals surface area contributed by atoms with Crippen LogP contribution in [0.2, 0.25) is 0 Å². The maximum atomic E-state index is 4.50. The van der Waals surface area contributed by atoms with Gasteiger partial charge in [0.05, 0.1) is 5.69 Å². The zero-order chi connectivity index (χ0) is 11.8. The Bertz CT molecular complexity index is 297. The second-order valence-electron chi connectivity index (χ2n) is 4.40. The van der Waals surface area contributed by atoms with Crippen molar-refractivity contribution >= 4 is 0 Å². The molecule has 0 aromatic carbocycles. The topological polar surface area (TPSA) is 24.9 Å². The van der Waals surface area contributed by atoms with Crippen molar-refractivity contribution in [1.29, 1.82) is 0 Å². The number of nitrogens with one attached hydrogen (secondary N) is 1. The van der Waals surface area contributed by atoms with Crippen LogP contribution < -0.4 is 5.32 Å². The zero-order valence-corrected chi connectivity index (χ0v) is 10.8. The summed E-state index contributed by atoms with van der Waals surface area (Å²) in [7, 11) is 0. The lowest BCUT2D eigenvalue weighted by Crippen LogP contribution is -2.28. The van der Waals surface area contributed by atoms with E-state index in [2.05, 4.69) is 36.3 Å². The van der Waals surface area contributed by atoms with E-state index in [0.717, 1.165) is 17.9 Å². The fourth-order valence-electron chi connectivity index (χ4n) is 1.85. The molecular weight excluding hydrogens is 196 g/mol. The number of rotatable bonds is 7. The Morgan fingerprint density at radius 3 is 2.75 bits per heavy atom. The predicted molar refractivity (Wildman–Crippen MR) is 69.4 cm³/mol. The molecule has 0 amide bonds. The highest BCUT2D eigenvalue weighted by Crippen LogP contribution is 2.05. The Balaban J connectivity index is 2.37. The largest absolute Gasteiger partial charge is 0.308 e. The van der Waals surface area contributed by atoms with Gasteiger partial charge in [0.25, 0.3) is 0 Å². The number of nitrogens with zero attached hydrogens (tertiary/aromatic N) is 1. The number of hydrogen-bond acceptors (Lipinski definition) is 2. The predicted octanol–water partition coefficient (Wildman–Crippen LogP) is 3.45. The molecular formula is C14H24N2. The molecule has 1 aromatic heterocycles. The van der Waals surface area contributed by atoms with Crippen LogP contribution in [0.5, 0.6) is 0 Å². The molecule has 1 aromatic rings. The third-order valence-corrected chi connectivity index (χ3v) is 2.92. The second kappa shape index (κ2) is 7.39. The third-order valence-electron chi connectivity index (χ3n) is 2.92. The molecule has 2 nitrogen and oxygen atoms in total. The lowest BCUT2D eigenvalue weighted by Gasteiger charge is -2.16. The fraction of sp³-hybridized carbons (Fsp3) is 0.643. The Hall–Kier alpha value is -0.890. The Morgan fingerprint density at radius 2 is 2.12 bits per heavy atom. The van der Waals surface area contributed by atoms with Crippen molar-refractivity contribution < 1.29 is 0 Å². The molecule has 0 spiro atoms. The first-order valence-electron chi connectivity index (χ1n) is 6.42. The maximum absolute atomic E-state index is 4.50. The van der Waals surface area contributed by atoms with Gasteiger partial charge in [-0.1, -0.05) is 32.8 Å². The van der Waals surface area contributed by atoms with E-state index in [4.69, 9.17) is 0 Å². The summed E-state index contributed by atoms with van der Waals surface area (Å²) in [5.74, 6) is 0. The molecule has 16 heavy (non-hydrogen) atoms. The summed E-state index contributed by atoms with van der Waals surface area (Å²) < 4.78 is 0. The SMILES string of the molecule is CCCCC(CC)NCc1cccc(C)n1. The van der Waals surface area contributed by atoms with E-state index in [-0.39, 0.29) is 0 Å². The highest BCUT2D eigenvalue weighted by molar-refractivity contribution is 5.09. The van der Waals surface area contributed by atoms with Crippen LogP contribution in [0, 0.1) is 6.92 Å². The summed E-state index contributed by atoms with van der Waals surface area (Å²) in [5.41, 5.74) is 2.25. The van der Waals surface area contributed by atoms with Crippen molar-refractivity contribution in [3.05, 3.63) is 29.6 Å². The molecule has 0 bridgehead atoms. The summed E-state index contributed by atoms with van der Waals surface area (Å²) in [6.07, 6.45) is 5.07.